The predicted octanol–water partition coefficient (Wildman–Crippen LogP) is 5.53. The van der Waals surface area contributed by atoms with Crippen molar-refractivity contribution in [3.63, 3.8) is 0 Å². The van der Waals surface area contributed by atoms with Crippen LogP contribution in [0, 0.1) is 6.92 Å². The van der Waals surface area contributed by atoms with Gasteiger partial charge in [-0.05, 0) is 67.4 Å². The van der Waals surface area contributed by atoms with Gasteiger partial charge in [0.05, 0.1) is 24.1 Å². The highest BCUT2D eigenvalue weighted by molar-refractivity contribution is 5.98. The Labute approximate surface area is 199 Å². The van der Waals surface area contributed by atoms with E-state index in [0.29, 0.717) is 30.3 Å². The van der Waals surface area contributed by atoms with E-state index in [9.17, 15) is 4.79 Å². The number of hydrazone groups is 1. The van der Waals surface area contributed by atoms with E-state index in [1.54, 1.807) is 12.3 Å². The summed E-state index contributed by atoms with van der Waals surface area (Å²) in [4.78, 5) is 12.7. The highest BCUT2D eigenvalue weighted by Gasteiger charge is 2.11. The molecule has 6 heteroatoms. The summed E-state index contributed by atoms with van der Waals surface area (Å²) in [6.07, 6.45) is 5.38. The van der Waals surface area contributed by atoms with Gasteiger partial charge in [0.2, 0.25) is 0 Å². The maximum Gasteiger partial charge on any atom is 0.273 e. The van der Waals surface area contributed by atoms with E-state index in [1.165, 1.54) is 5.56 Å². The molecular weight excluding hydrogens is 426 g/mol. The van der Waals surface area contributed by atoms with Gasteiger partial charge in [0.25, 0.3) is 5.91 Å². The van der Waals surface area contributed by atoms with Gasteiger partial charge < -0.3 is 14.0 Å². The van der Waals surface area contributed by atoms with Crippen LogP contribution < -0.4 is 14.9 Å². The van der Waals surface area contributed by atoms with E-state index in [-0.39, 0.29) is 5.91 Å². The second kappa shape index (κ2) is 11.0. The van der Waals surface area contributed by atoms with Crippen LogP contribution >= 0.6 is 0 Å². The van der Waals surface area contributed by atoms with Crippen molar-refractivity contribution in [2.45, 2.75) is 20.5 Å². The van der Waals surface area contributed by atoms with Crippen molar-refractivity contribution >= 4 is 12.1 Å². The minimum Gasteiger partial charge on any atom is -0.490 e. The van der Waals surface area contributed by atoms with Crippen molar-refractivity contribution in [2.75, 3.05) is 6.61 Å². The van der Waals surface area contributed by atoms with Gasteiger partial charge in [-0.15, -0.1) is 0 Å². The van der Waals surface area contributed by atoms with E-state index in [4.69, 9.17) is 9.47 Å². The van der Waals surface area contributed by atoms with Crippen LogP contribution in [0.1, 0.15) is 34.0 Å². The Balaban J connectivity index is 1.43. The van der Waals surface area contributed by atoms with Crippen LogP contribution in [0.25, 0.3) is 5.69 Å². The Kier molecular flexibility index (Phi) is 7.40. The van der Waals surface area contributed by atoms with Gasteiger partial charge in [0.15, 0.2) is 11.5 Å². The summed E-state index contributed by atoms with van der Waals surface area (Å²) in [5.41, 5.74) is 7.01. The number of carbonyl (C=O) groups excluding carboxylic acids is 1. The number of rotatable bonds is 9. The zero-order valence-corrected chi connectivity index (χ0v) is 19.3. The molecule has 0 radical (unpaired) electrons. The smallest absolute Gasteiger partial charge is 0.273 e. The molecule has 1 heterocycles. The second-order valence-electron chi connectivity index (χ2n) is 7.72. The molecule has 0 aliphatic carbocycles. The summed E-state index contributed by atoms with van der Waals surface area (Å²) in [7, 11) is 0. The highest BCUT2D eigenvalue weighted by atomic mass is 16.5. The second-order valence-corrected chi connectivity index (χ2v) is 7.72. The van der Waals surface area contributed by atoms with Crippen molar-refractivity contribution < 1.29 is 14.3 Å². The molecule has 0 bridgehead atoms. The van der Waals surface area contributed by atoms with Gasteiger partial charge in [0.1, 0.15) is 6.61 Å². The molecule has 0 spiro atoms. The minimum absolute atomic E-state index is 0.288. The number of para-hydroxylation sites is 1. The third-order valence-electron chi connectivity index (χ3n) is 5.19. The molecule has 34 heavy (non-hydrogen) atoms. The summed E-state index contributed by atoms with van der Waals surface area (Å²) in [5, 5.41) is 4.14. The summed E-state index contributed by atoms with van der Waals surface area (Å²) < 4.78 is 13.6. The average molecular weight is 454 g/mol. The Morgan fingerprint density at radius 2 is 1.71 bits per heavy atom. The lowest BCUT2D eigenvalue weighted by Crippen LogP contribution is -2.19. The molecule has 6 nitrogen and oxygen atoms in total. The van der Waals surface area contributed by atoms with E-state index < -0.39 is 0 Å². The van der Waals surface area contributed by atoms with Crippen LogP contribution in [0.3, 0.4) is 0 Å². The third kappa shape index (κ3) is 5.72. The molecule has 0 atom stereocenters. The van der Waals surface area contributed by atoms with Crippen molar-refractivity contribution in [2.24, 2.45) is 5.10 Å². The molecule has 4 rings (SSSR count). The summed E-state index contributed by atoms with van der Waals surface area (Å²) >= 11 is 0. The number of ether oxygens (including phenoxy) is 2. The highest BCUT2D eigenvalue weighted by Crippen LogP contribution is 2.29. The fourth-order valence-electron chi connectivity index (χ4n) is 3.45. The van der Waals surface area contributed by atoms with Gasteiger partial charge >= 0.3 is 0 Å². The van der Waals surface area contributed by atoms with Crippen LogP contribution in [-0.2, 0) is 6.61 Å². The Bertz CT molecular complexity index is 1260. The van der Waals surface area contributed by atoms with E-state index >= 15 is 0 Å². The summed E-state index contributed by atoms with van der Waals surface area (Å²) in [5.74, 6) is 0.996. The molecule has 1 amide bonds. The quantitative estimate of drug-likeness (QED) is 0.268. The minimum atomic E-state index is -0.288. The number of carbonyl (C=O) groups is 1. The molecule has 0 aliphatic heterocycles. The van der Waals surface area contributed by atoms with Gasteiger partial charge in [-0.2, -0.15) is 5.10 Å². The first-order chi connectivity index (χ1) is 16.6. The maximum absolute atomic E-state index is 12.7. The summed E-state index contributed by atoms with van der Waals surface area (Å²) in [6.45, 7) is 4.94. The average Bonchev–Trinajstić information content (AvgIpc) is 3.40. The van der Waals surface area contributed by atoms with Crippen LogP contribution in [-0.4, -0.2) is 23.3 Å². The fourth-order valence-corrected chi connectivity index (χ4v) is 3.45. The molecule has 172 valence electrons. The molecule has 0 unspecified atom stereocenters. The number of aryl methyl sites for hydroxylation is 1. The van der Waals surface area contributed by atoms with Crippen molar-refractivity contribution in [3.8, 4) is 17.2 Å². The predicted molar refractivity (Wildman–Crippen MR) is 134 cm³/mol. The standard InChI is InChI=1S/C28H27N3O3/c1-3-33-27-18-23(14-15-26(27)34-20-22-12-10-21(2)11-13-22)19-29-30-28(32)24-8-4-5-9-25(24)31-16-6-7-17-31/h4-19H,3,20H2,1-2H3,(H,30,32). The van der Waals surface area contributed by atoms with Crippen LogP contribution in [0.4, 0.5) is 0 Å². The van der Waals surface area contributed by atoms with Crippen LogP contribution in [0.15, 0.2) is 96.4 Å². The number of hydrogen-bond acceptors (Lipinski definition) is 4. The topological polar surface area (TPSA) is 64.8 Å². The molecule has 1 N–H and O–H groups in total. The van der Waals surface area contributed by atoms with E-state index in [0.717, 1.165) is 16.8 Å². The number of benzene rings is 3. The summed E-state index contributed by atoms with van der Waals surface area (Å²) in [6, 6.07) is 25.0. The monoisotopic (exact) mass is 453 g/mol. The van der Waals surface area contributed by atoms with Gasteiger partial charge in [-0.1, -0.05) is 42.0 Å². The van der Waals surface area contributed by atoms with Gasteiger partial charge in [-0.25, -0.2) is 5.43 Å². The molecule has 0 saturated carbocycles. The van der Waals surface area contributed by atoms with Gasteiger partial charge in [0, 0.05) is 12.4 Å². The van der Waals surface area contributed by atoms with Crippen LogP contribution in [0.2, 0.25) is 0 Å². The number of hydrogen-bond donors (Lipinski definition) is 1. The zero-order chi connectivity index (χ0) is 23.8. The molecule has 0 saturated heterocycles. The Morgan fingerprint density at radius 1 is 0.941 bits per heavy atom. The fraction of sp³-hybridized carbons (Fsp3) is 0.143. The van der Waals surface area contributed by atoms with Crippen molar-refractivity contribution in [1.29, 1.82) is 0 Å². The number of aromatic nitrogens is 1. The Hall–Kier alpha value is -4.32. The molecule has 1 aromatic heterocycles. The molecule has 3 aromatic carbocycles. The molecule has 0 fully saturated rings. The molecule has 0 aliphatic rings. The first kappa shape index (κ1) is 22.9. The lowest BCUT2D eigenvalue weighted by molar-refractivity contribution is 0.0955. The maximum atomic E-state index is 12.7. The van der Waals surface area contributed by atoms with Crippen molar-refractivity contribution in [1.82, 2.24) is 9.99 Å². The zero-order valence-electron chi connectivity index (χ0n) is 19.3. The Morgan fingerprint density at radius 3 is 2.47 bits per heavy atom. The number of amides is 1. The third-order valence-corrected chi connectivity index (χ3v) is 5.19. The SMILES string of the molecule is CCOc1cc(C=NNC(=O)c2ccccc2-n2cccc2)ccc1OCc1ccc(C)cc1. The lowest BCUT2D eigenvalue weighted by atomic mass is 10.1. The van der Waals surface area contributed by atoms with Crippen LogP contribution in [0.5, 0.6) is 11.5 Å². The number of nitrogens with one attached hydrogen (secondary N) is 1. The van der Waals surface area contributed by atoms with Gasteiger partial charge in [-0.3, -0.25) is 4.79 Å². The van der Waals surface area contributed by atoms with Crippen molar-refractivity contribution in [3.05, 3.63) is 114 Å². The molecule has 4 aromatic rings. The molecular formula is C28H27N3O3. The lowest BCUT2D eigenvalue weighted by Gasteiger charge is -2.13. The van der Waals surface area contributed by atoms with E-state index in [2.05, 4.69) is 29.6 Å². The van der Waals surface area contributed by atoms with E-state index in [1.807, 2.05) is 84.5 Å². The largest absolute Gasteiger partial charge is 0.490 e. The first-order valence-corrected chi connectivity index (χ1v) is 11.1. The first-order valence-electron chi connectivity index (χ1n) is 11.1. The number of nitrogens with zero attached hydrogens (tertiary/aromatic N) is 2. The normalized spacial score (nSPS) is 10.9.